The number of rotatable bonds is 1. The van der Waals surface area contributed by atoms with Crippen LogP contribution in [0.25, 0.3) is 5.65 Å². The highest BCUT2D eigenvalue weighted by atomic mass is 16.4. The van der Waals surface area contributed by atoms with Gasteiger partial charge in [0.1, 0.15) is 5.56 Å². The van der Waals surface area contributed by atoms with Gasteiger partial charge >= 0.3 is 5.97 Å². The highest BCUT2D eigenvalue weighted by molar-refractivity contribution is 5.90. The maximum absolute atomic E-state index is 11.2. The third-order valence-corrected chi connectivity index (χ3v) is 3.00. The Hall–Kier alpha value is -1.91. The third-order valence-electron chi connectivity index (χ3n) is 3.00. The van der Waals surface area contributed by atoms with Crippen molar-refractivity contribution in [2.45, 2.75) is 40.0 Å². The first-order valence-corrected chi connectivity index (χ1v) is 5.82. The smallest absolute Gasteiger partial charge is 0.339 e. The molecule has 96 valence electrons. The molecule has 0 bridgehead atoms. The van der Waals surface area contributed by atoms with Crippen molar-refractivity contribution < 1.29 is 9.90 Å². The average Bonchev–Trinajstić information content (AvgIpc) is 2.60. The van der Waals surface area contributed by atoms with Crippen molar-refractivity contribution in [1.29, 1.82) is 0 Å². The summed E-state index contributed by atoms with van der Waals surface area (Å²) in [7, 11) is 0. The number of hydrogen-bond donors (Lipinski definition) is 1. The van der Waals surface area contributed by atoms with Gasteiger partial charge in [-0.3, -0.25) is 0 Å². The Labute approximate surface area is 105 Å². The average molecular weight is 247 g/mol. The zero-order chi connectivity index (χ0) is 13.7. The summed E-state index contributed by atoms with van der Waals surface area (Å²) in [6, 6.07) is 1.91. The topological polar surface area (TPSA) is 67.5 Å². The molecule has 18 heavy (non-hydrogen) atoms. The molecule has 0 atom stereocenters. The van der Waals surface area contributed by atoms with E-state index in [1.165, 1.54) is 0 Å². The van der Waals surface area contributed by atoms with Gasteiger partial charge in [0.15, 0.2) is 5.65 Å². The molecule has 5 nitrogen and oxygen atoms in total. The van der Waals surface area contributed by atoms with E-state index in [0.717, 1.165) is 5.69 Å². The van der Waals surface area contributed by atoms with Gasteiger partial charge in [0.05, 0.1) is 17.1 Å². The molecule has 0 amide bonds. The van der Waals surface area contributed by atoms with E-state index < -0.39 is 5.97 Å². The summed E-state index contributed by atoms with van der Waals surface area (Å²) in [6.45, 7) is 9.66. The Morgan fingerprint density at radius 3 is 2.44 bits per heavy atom. The van der Waals surface area contributed by atoms with Crippen LogP contribution < -0.4 is 0 Å². The van der Waals surface area contributed by atoms with Gasteiger partial charge in [-0.05, 0) is 13.8 Å². The summed E-state index contributed by atoms with van der Waals surface area (Å²) in [5.41, 5.74) is 2.87. The highest BCUT2D eigenvalue weighted by Gasteiger charge is 2.21. The third kappa shape index (κ3) is 1.85. The predicted octanol–water partition coefficient (Wildman–Crippen LogP) is 2.34. The molecule has 0 aromatic carbocycles. The number of aromatic carboxylic acids is 1. The molecule has 5 heteroatoms. The summed E-state index contributed by atoms with van der Waals surface area (Å²) in [5.74, 6) is -0.966. The predicted molar refractivity (Wildman–Crippen MR) is 68.1 cm³/mol. The van der Waals surface area contributed by atoms with E-state index in [1.807, 2.05) is 6.07 Å². The Balaban J connectivity index is 2.79. The van der Waals surface area contributed by atoms with Crippen LogP contribution in [0.4, 0.5) is 0 Å². The molecule has 0 radical (unpaired) electrons. The number of aromatic nitrogens is 3. The number of fused-ring (bicyclic) bond motifs is 1. The van der Waals surface area contributed by atoms with Gasteiger partial charge in [-0.25, -0.2) is 14.3 Å². The minimum Gasteiger partial charge on any atom is -0.478 e. The van der Waals surface area contributed by atoms with Crippen LogP contribution in [0.1, 0.15) is 48.2 Å². The van der Waals surface area contributed by atoms with Gasteiger partial charge in [-0.1, -0.05) is 20.8 Å². The van der Waals surface area contributed by atoms with Gasteiger partial charge in [0, 0.05) is 11.5 Å². The molecule has 0 unspecified atom stereocenters. The Morgan fingerprint density at radius 1 is 1.33 bits per heavy atom. The molecule has 0 saturated carbocycles. The molecule has 2 heterocycles. The summed E-state index contributed by atoms with van der Waals surface area (Å²) in [6.07, 6.45) is 0. The van der Waals surface area contributed by atoms with Crippen molar-refractivity contribution in [2.24, 2.45) is 0 Å². The van der Waals surface area contributed by atoms with Gasteiger partial charge in [0.25, 0.3) is 0 Å². The summed E-state index contributed by atoms with van der Waals surface area (Å²) >= 11 is 0. The maximum atomic E-state index is 11.2. The zero-order valence-corrected chi connectivity index (χ0v) is 11.3. The van der Waals surface area contributed by atoms with Gasteiger partial charge in [0.2, 0.25) is 0 Å². The van der Waals surface area contributed by atoms with Crippen molar-refractivity contribution in [2.75, 3.05) is 0 Å². The molecule has 2 rings (SSSR count). The fourth-order valence-electron chi connectivity index (χ4n) is 1.97. The SMILES string of the molecule is Cc1nc2cc(C(C)(C)C)nn2c(C)c1C(=O)O. The van der Waals surface area contributed by atoms with Gasteiger partial charge in [-0.2, -0.15) is 5.10 Å². The van der Waals surface area contributed by atoms with E-state index in [2.05, 4.69) is 30.9 Å². The Bertz CT molecular complexity index is 636. The standard InChI is InChI=1S/C13H17N3O2/c1-7-11(12(17)18)8(2)16-10(14-7)6-9(15-16)13(3,4)5/h6H,1-5H3,(H,17,18). The lowest BCUT2D eigenvalue weighted by molar-refractivity contribution is 0.0694. The molecule has 0 saturated heterocycles. The number of aryl methyl sites for hydroxylation is 2. The van der Waals surface area contributed by atoms with Gasteiger partial charge < -0.3 is 5.11 Å². The molecular formula is C13H17N3O2. The van der Waals surface area contributed by atoms with Gasteiger partial charge in [-0.15, -0.1) is 0 Å². The van der Waals surface area contributed by atoms with E-state index >= 15 is 0 Å². The largest absolute Gasteiger partial charge is 0.478 e. The van der Waals surface area contributed by atoms with Crippen LogP contribution in [0.2, 0.25) is 0 Å². The normalized spacial score (nSPS) is 12.1. The van der Waals surface area contributed by atoms with Crippen LogP contribution in [-0.4, -0.2) is 25.7 Å². The van der Waals surface area contributed by atoms with Crippen LogP contribution in [-0.2, 0) is 5.41 Å². The number of carboxylic acids is 1. The van der Waals surface area contributed by atoms with E-state index in [1.54, 1.807) is 18.4 Å². The second kappa shape index (κ2) is 3.80. The lowest BCUT2D eigenvalue weighted by atomic mass is 9.93. The molecule has 2 aromatic rings. The minimum atomic E-state index is -0.966. The first-order valence-electron chi connectivity index (χ1n) is 5.82. The van der Waals surface area contributed by atoms with Crippen molar-refractivity contribution in [1.82, 2.24) is 14.6 Å². The van der Waals surface area contributed by atoms with Crippen molar-refractivity contribution in [3.8, 4) is 0 Å². The van der Waals surface area contributed by atoms with Crippen LogP contribution in [0.3, 0.4) is 0 Å². The van der Waals surface area contributed by atoms with E-state index in [-0.39, 0.29) is 11.0 Å². The highest BCUT2D eigenvalue weighted by Crippen LogP contribution is 2.23. The first-order chi connectivity index (χ1) is 8.21. The molecule has 0 aliphatic carbocycles. The summed E-state index contributed by atoms with van der Waals surface area (Å²) < 4.78 is 1.61. The molecule has 2 aromatic heterocycles. The molecule has 1 N–H and O–H groups in total. The van der Waals surface area contributed by atoms with E-state index in [0.29, 0.717) is 17.0 Å². The fourth-order valence-corrected chi connectivity index (χ4v) is 1.97. The van der Waals surface area contributed by atoms with E-state index in [4.69, 9.17) is 0 Å². The molecule has 0 aliphatic heterocycles. The van der Waals surface area contributed by atoms with Crippen molar-refractivity contribution in [3.63, 3.8) is 0 Å². The van der Waals surface area contributed by atoms with Crippen LogP contribution >= 0.6 is 0 Å². The lowest BCUT2D eigenvalue weighted by Crippen LogP contribution is -2.13. The minimum absolute atomic E-state index is 0.0859. The second-order valence-corrected chi connectivity index (χ2v) is 5.51. The lowest BCUT2D eigenvalue weighted by Gasteiger charge is -2.13. The van der Waals surface area contributed by atoms with Crippen LogP contribution in [0.15, 0.2) is 6.07 Å². The zero-order valence-electron chi connectivity index (χ0n) is 11.3. The Morgan fingerprint density at radius 2 is 1.94 bits per heavy atom. The fraction of sp³-hybridized carbons (Fsp3) is 0.462. The van der Waals surface area contributed by atoms with Crippen LogP contribution in [0, 0.1) is 13.8 Å². The molecular weight excluding hydrogens is 230 g/mol. The summed E-state index contributed by atoms with van der Waals surface area (Å²) in [5, 5.41) is 13.7. The monoisotopic (exact) mass is 247 g/mol. The molecule has 0 fully saturated rings. The number of carboxylic acid groups (broad SMARTS) is 1. The molecule has 0 spiro atoms. The van der Waals surface area contributed by atoms with Crippen molar-refractivity contribution in [3.05, 3.63) is 28.7 Å². The maximum Gasteiger partial charge on any atom is 0.339 e. The van der Waals surface area contributed by atoms with Crippen molar-refractivity contribution >= 4 is 11.6 Å². The first kappa shape index (κ1) is 12.5. The quantitative estimate of drug-likeness (QED) is 0.839. The number of hydrogen-bond acceptors (Lipinski definition) is 3. The summed E-state index contributed by atoms with van der Waals surface area (Å²) in [4.78, 5) is 15.5. The molecule has 0 aliphatic rings. The second-order valence-electron chi connectivity index (χ2n) is 5.51. The Kier molecular flexibility index (Phi) is 2.65. The van der Waals surface area contributed by atoms with E-state index in [9.17, 15) is 9.90 Å². The number of nitrogens with zero attached hydrogens (tertiary/aromatic N) is 3. The number of carbonyl (C=O) groups is 1. The van der Waals surface area contributed by atoms with Crippen LogP contribution in [0.5, 0.6) is 0 Å².